The molecule has 0 saturated heterocycles. The maximum Gasteiger partial charge on any atom is 0.0467 e. The van der Waals surface area contributed by atoms with Gasteiger partial charge in [0, 0.05) is 81.8 Å². The Balaban J connectivity index is 0.000000188. The summed E-state index contributed by atoms with van der Waals surface area (Å²) in [6.45, 7) is 13.6. The third-order valence-corrected chi connectivity index (χ3v) is 29.7. The fourth-order valence-corrected chi connectivity index (χ4v) is 21.8. The van der Waals surface area contributed by atoms with Crippen molar-refractivity contribution in [2.45, 2.75) is 258 Å². The highest BCUT2D eigenvalue weighted by atomic mass is 15.2. The number of hydrogen-bond acceptors (Lipinski definition) is 4. The molecular formula is C126H140N4. The standard InChI is InChI=1S/C71H76N2.C55H64N2/c1-5-7-9-11-13-15-43-71(44-16-14-12-10-8-6-2)69-49-64(72(4)63-21-17-19-56(47-63)60-33-29-54-27-31-58(54)45-60)39-41-67(69)68-42-40-66(50-70(68)71)73(62-37-35-53(36-38-62)52-25-23-51(3)24-26-52)65-22-18-20-57(48-65)61-34-30-55-28-32-59(55)46-61;1-5-7-9-11-13-21-39-55(40-22-14-12-10-8-6-2)53-41-49(56(4)46-23-17-15-18-24-46)35-37-51(53)52-38-36-50(42-54(52)55)57(47-25-19-16-20-26-47)48-33-31-45(32-34-48)44-29-27-43(3)28-30-44/h17-26,29-30,33-42,45-50H,5-16,27-28,31-32,43-44H2,1-4H3;15-20,23-38,41-42H,5-14,21-22,39-40H2,1-4H3. The van der Waals surface area contributed by atoms with Gasteiger partial charge in [0.15, 0.2) is 0 Å². The summed E-state index contributed by atoms with van der Waals surface area (Å²) in [5.74, 6) is 0. The number of unbranched alkanes of at least 4 members (excludes halogenated alkanes) is 20. The second kappa shape index (κ2) is 42.9. The minimum Gasteiger partial charge on any atom is -0.345 e. The van der Waals surface area contributed by atoms with Gasteiger partial charge in [-0.3, -0.25) is 0 Å². The lowest BCUT2D eigenvalue weighted by Gasteiger charge is -2.35. The van der Waals surface area contributed by atoms with Crippen LogP contribution in [0.5, 0.6) is 0 Å². The molecular weight excluding hydrogens is 1570 g/mol. The van der Waals surface area contributed by atoms with Gasteiger partial charge in [-0.1, -0.05) is 387 Å². The van der Waals surface area contributed by atoms with Gasteiger partial charge in [0.25, 0.3) is 0 Å². The number of nitrogens with zero attached hydrogens (tertiary/aromatic N) is 4. The van der Waals surface area contributed by atoms with Crippen molar-refractivity contribution in [2.24, 2.45) is 0 Å². The molecule has 4 nitrogen and oxygen atoms in total. The van der Waals surface area contributed by atoms with Crippen LogP contribution in [0, 0.1) is 13.8 Å². The Labute approximate surface area is 781 Å². The summed E-state index contributed by atoms with van der Waals surface area (Å²) < 4.78 is 0. The quantitative estimate of drug-likeness (QED) is 0.0354. The minimum absolute atomic E-state index is 0.0403. The molecule has 4 aliphatic carbocycles. The van der Waals surface area contributed by atoms with Crippen molar-refractivity contribution in [2.75, 3.05) is 33.7 Å². The van der Waals surface area contributed by atoms with Crippen LogP contribution in [-0.2, 0) is 36.5 Å². The molecule has 0 aliphatic heterocycles. The van der Waals surface area contributed by atoms with E-state index in [2.05, 4.69) is 391 Å². The number of para-hydroxylation sites is 2. The summed E-state index contributed by atoms with van der Waals surface area (Å²) >= 11 is 0. The van der Waals surface area contributed by atoms with E-state index in [-0.39, 0.29) is 10.8 Å². The van der Waals surface area contributed by atoms with Crippen molar-refractivity contribution < 1.29 is 0 Å². The first kappa shape index (κ1) is 90.2. The first-order valence-electron chi connectivity index (χ1n) is 50.5. The molecule has 0 aromatic heterocycles. The summed E-state index contributed by atoms with van der Waals surface area (Å²) in [5, 5.41) is 0. The molecule has 18 rings (SSSR count). The summed E-state index contributed by atoms with van der Waals surface area (Å²) in [7, 11) is 4.50. The van der Waals surface area contributed by atoms with E-state index in [1.807, 2.05) is 0 Å². The summed E-state index contributed by atoms with van der Waals surface area (Å²) in [6.07, 6.45) is 40.8. The third kappa shape index (κ3) is 20.2. The first-order valence-corrected chi connectivity index (χ1v) is 50.5. The number of aryl methyl sites for hydroxylation is 6. The SMILES string of the molecule is CCCCCCCCC1(CCCCCCCC)c2cc(N(C)c3cccc(-c4ccc5c(c4)CC5)c3)ccc2-c2ccc(N(c3ccc(-c4ccc(C)cc4)cc3)c3cccc(-c4ccc5c(c4)CC5)c3)cc21.CCCCCCCCC1(CCCCCCCC)c2cc(N(C)c3ccccc3)ccc2-c2ccc(N(c3ccccc3)c3ccc(-c4ccc(C)cc4)cc3)cc21. The van der Waals surface area contributed by atoms with Gasteiger partial charge in [-0.25, -0.2) is 0 Å². The molecule has 0 N–H and O–H groups in total. The van der Waals surface area contributed by atoms with Gasteiger partial charge >= 0.3 is 0 Å². The highest BCUT2D eigenvalue weighted by Crippen LogP contribution is 2.59. The van der Waals surface area contributed by atoms with Gasteiger partial charge in [-0.2, -0.15) is 0 Å². The molecule has 0 radical (unpaired) electrons. The molecule has 14 aromatic carbocycles. The monoisotopic (exact) mass is 1710 g/mol. The Morgan fingerprint density at radius 3 is 0.815 bits per heavy atom. The van der Waals surface area contributed by atoms with Crippen LogP contribution in [0.4, 0.5) is 56.9 Å². The molecule has 0 fully saturated rings. The Hall–Kier alpha value is -11.7. The average molecular weight is 1710 g/mol. The molecule has 130 heavy (non-hydrogen) atoms. The van der Waals surface area contributed by atoms with E-state index in [0.29, 0.717) is 0 Å². The zero-order valence-corrected chi connectivity index (χ0v) is 79.4. The van der Waals surface area contributed by atoms with Crippen molar-refractivity contribution in [1.29, 1.82) is 0 Å². The normalized spacial score (nSPS) is 13.2. The van der Waals surface area contributed by atoms with Crippen molar-refractivity contribution in [3.63, 3.8) is 0 Å². The van der Waals surface area contributed by atoms with Crippen LogP contribution in [0.2, 0.25) is 0 Å². The Morgan fingerprint density at radius 2 is 0.454 bits per heavy atom. The largest absolute Gasteiger partial charge is 0.345 e. The van der Waals surface area contributed by atoms with Crippen molar-refractivity contribution in [1.82, 2.24) is 0 Å². The minimum atomic E-state index is -0.102. The zero-order chi connectivity index (χ0) is 89.2. The molecule has 14 aromatic rings. The number of anilines is 10. The Kier molecular flexibility index (Phi) is 29.8. The molecule has 0 amide bonds. The fourth-order valence-electron chi connectivity index (χ4n) is 21.8. The Bertz CT molecular complexity index is 6020. The fraction of sp³-hybridized carbons (Fsp3) is 0.333. The molecule has 664 valence electrons. The maximum absolute atomic E-state index is 2.64. The summed E-state index contributed by atoms with van der Waals surface area (Å²) in [6, 6.07) is 121. The molecule has 0 unspecified atom stereocenters. The zero-order valence-electron chi connectivity index (χ0n) is 79.4. The number of hydrogen-bond donors (Lipinski definition) is 0. The van der Waals surface area contributed by atoms with E-state index in [0.717, 1.165) is 12.8 Å². The van der Waals surface area contributed by atoms with E-state index >= 15 is 0 Å². The van der Waals surface area contributed by atoms with Crippen molar-refractivity contribution >= 4 is 56.9 Å². The average Bonchev–Trinajstić information content (AvgIpc) is 1.56. The predicted molar refractivity (Wildman–Crippen MR) is 562 cm³/mol. The van der Waals surface area contributed by atoms with Gasteiger partial charge < -0.3 is 19.6 Å². The van der Waals surface area contributed by atoms with Crippen LogP contribution < -0.4 is 19.6 Å². The van der Waals surface area contributed by atoms with Crippen molar-refractivity contribution in [3.8, 4) is 66.8 Å². The van der Waals surface area contributed by atoms with Gasteiger partial charge in [-0.15, -0.1) is 0 Å². The second-order valence-corrected chi connectivity index (χ2v) is 38.5. The van der Waals surface area contributed by atoms with Crippen LogP contribution in [0.25, 0.3) is 66.8 Å². The summed E-state index contributed by atoms with van der Waals surface area (Å²) in [4.78, 5) is 9.82. The number of fused-ring (bicyclic) bond motifs is 8. The molecule has 0 heterocycles. The molecule has 0 atom stereocenters. The number of rotatable bonds is 42. The first-order chi connectivity index (χ1) is 63.9. The lowest BCUT2D eigenvalue weighted by atomic mass is 9.70. The lowest BCUT2D eigenvalue weighted by Crippen LogP contribution is -2.26. The van der Waals surface area contributed by atoms with E-state index < -0.39 is 0 Å². The van der Waals surface area contributed by atoms with Gasteiger partial charge in [0.05, 0.1) is 0 Å². The van der Waals surface area contributed by atoms with E-state index in [9.17, 15) is 0 Å². The van der Waals surface area contributed by atoms with E-state index in [4.69, 9.17) is 0 Å². The van der Waals surface area contributed by atoms with Gasteiger partial charge in [-0.05, 0) is 298 Å². The van der Waals surface area contributed by atoms with Crippen LogP contribution in [0.3, 0.4) is 0 Å². The predicted octanol–water partition coefficient (Wildman–Crippen LogP) is 36.9. The second-order valence-electron chi connectivity index (χ2n) is 38.5. The Morgan fingerprint density at radius 1 is 0.200 bits per heavy atom. The van der Waals surface area contributed by atoms with E-state index in [1.165, 1.54) is 372 Å². The maximum atomic E-state index is 2.64. The topological polar surface area (TPSA) is 13.0 Å². The molecule has 0 bridgehead atoms. The van der Waals surface area contributed by atoms with Crippen LogP contribution in [-0.4, -0.2) is 14.1 Å². The smallest absolute Gasteiger partial charge is 0.0467 e. The van der Waals surface area contributed by atoms with E-state index in [1.54, 1.807) is 0 Å². The lowest BCUT2D eigenvalue weighted by molar-refractivity contribution is 0.398. The van der Waals surface area contributed by atoms with Crippen LogP contribution in [0.15, 0.2) is 315 Å². The molecule has 0 saturated carbocycles. The van der Waals surface area contributed by atoms with Gasteiger partial charge in [0.2, 0.25) is 0 Å². The molecule has 4 aliphatic rings. The van der Waals surface area contributed by atoms with Crippen LogP contribution >= 0.6 is 0 Å². The highest BCUT2D eigenvalue weighted by Gasteiger charge is 2.45. The van der Waals surface area contributed by atoms with Crippen molar-refractivity contribution in [3.05, 3.63) is 371 Å². The van der Waals surface area contributed by atoms with Gasteiger partial charge in [0.1, 0.15) is 0 Å². The molecule has 0 spiro atoms. The molecule has 4 heteroatoms. The number of benzene rings is 14. The summed E-state index contributed by atoms with van der Waals surface area (Å²) in [5.41, 5.74) is 42.5. The van der Waals surface area contributed by atoms with Crippen LogP contribution in [0.1, 0.15) is 263 Å². The third-order valence-electron chi connectivity index (χ3n) is 29.7. The highest BCUT2D eigenvalue weighted by molar-refractivity contribution is 5.91.